The van der Waals surface area contributed by atoms with Crippen LogP contribution in [0.5, 0.6) is 11.5 Å². The molecular weight excluding hydrogens is 363 g/mol. The molecule has 2 aliphatic rings. The quantitative estimate of drug-likeness (QED) is 0.434. The zero-order chi connectivity index (χ0) is 17.6. The molecule has 1 saturated carbocycles. The van der Waals surface area contributed by atoms with E-state index in [0.29, 0.717) is 32.7 Å². The second kappa shape index (κ2) is 6.21. The van der Waals surface area contributed by atoms with Crippen LogP contribution in [0.1, 0.15) is 28.8 Å². The Morgan fingerprint density at radius 2 is 1.96 bits per heavy atom. The molecule has 126 valence electrons. The fourth-order valence-electron chi connectivity index (χ4n) is 2.51. The lowest BCUT2D eigenvalue weighted by Crippen LogP contribution is -2.09. The lowest BCUT2D eigenvalue weighted by atomic mass is 10.1. The molecule has 1 aliphatic carbocycles. The van der Waals surface area contributed by atoms with Gasteiger partial charge in [-0.3, -0.25) is 9.59 Å². The van der Waals surface area contributed by atoms with Crippen LogP contribution in [-0.2, 0) is 4.79 Å². The number of carbonyl (C=O) groups excluding carboxylic acids is 2. The normalized spacial score (nSPS) is 17.4. The van der Waals surface area contributed by atoms with Crippen molar-refractivity contribution in [3.8, 4) is 11.5 Å². The van der Waals surface area contributed by atoms with Gasteiger partial charge < -0.3 is 9.47 Å². The second-order valence-electron chi connectivity index (χ2n) is 5.96. The van der Waals surface area contributed by atoms with Crippen LogP contribution in [0.2, 0.25) is 10.0 Å². The maximum Gasteiger partial charge on any atom is 0.314 e. The topological polar surface area (TPSA) is 52.6 Å². The second-order valence-corrected chi connectivity index (χ2v) is 6.80. The van der Waals surface area contributed by atoms with E-state index in [4.69, 9.17) is 32.7 Å². The molecule has 0 bridgehead atoms. The number of fused-ring (bicyclic) bond motifs is 1. The Balaban J connectivity index is 1.59. The van der Waals surface area contributed by atoms with Gasteiger partial charge in [0.2, 0.25) is 5.78 Å². The summed E-state index contributed by atoms with van der Waals surface area (Å²) in [6.45, 7) is 0. The number of hydrogen-bond acceptors (Lipinski definition) is 4. The van der Waals surface area contributed by atoms with E-state index in [9.17, 15) is 9.59 Å². The largest absolute Gasteiger partial charge is 0.452 e. The van der Waals surface area contributed by atoms with Crippen LogP contribution < -0.4 is 9.47 Å². The number of ether oxygens (including phenoxy) is 2. The Bertz CT molecular complexity index is 929. The van der Waals surface area contributed by atoms with Crippen molar-refractivity contribution in [1.82, 2.24) is 0 Å². The van der Waals surface area contributed by atoms with Crippen molar-refractivity contribution in [2.24, 2.45) is 5.92 Å². The summed E-state index contributed by atoms with van der Waals surface area (Å²) in [4.78, 5) is 24.2. The van der Waals surface area contributed by atoms with Gasteiger partial charge in [-0.15, -0.1) is 0 Å². The van der Waals surface area contributed by atoms with Crippen LogP contribution in [0.3, 0.4) is 0 Å². The van der Waals surface area contributed by atoms with Crippen LogP contribution >= 0.6 is 23.2 Å². The van der Waals surface area contributed by atoms with Gasteiger partial charge in [-0.1, -0.05) is 29.3 Å². The summed E-state index contributed by atoms with van der Waals surface area (Å²) >= 11 is 12.0. The molecule has 1 fully saturated rings. The first-order valence-corrected chi connectivity index (χ1v) is 8.52. The summed E-state index contributed by atoms with van der Waals surface area (Å²) in [6, 6.07) is 9.73. The molecule has 1 aliphatic heterocycles. The van der Waals surface area contributed by atoms with Crippen molar-refractivity contribution < 1.29 is 19.1 Å². The number of halogens is 2. The van der Waals surface area contributed by atoms with Crippen molar-refractivity contribution >= 4 is 41.0 Å². The maximum atomic E-state index is 12.5. The molecule has 1 heterocycles. The lowest BCUT2D eigenvalue weighted by Gasteiger charge is -2.04. The number of benzene rings is 2. The number of hydrogen-bond donors (Lipinski definition) is 0. The standard InChI is InChI=1S/C19H12Cl2O4/c20-12-4-3-11(15(21)8-12)7-17-18(22)14-6-5-13(9-16(14)25-17)24-19(23)10-1-2-10/h3-10H,1-2H2/b17-7+. The number of carbonyl (C=O) groups is 2. The number of rotatable bonds is 3. The highest BCUT2D eigenvalue weighted by Gasteiger charge is 2.33. The summed E-state index contributed by atoms with van der Waals surface area (Å²) in [7, 11) is 0. The van der Waals surface area contributed by atoms with E-state index in [0.717, 1.165) is 12.8 Å². The van der Waals surface area contributed by atoms with E-state index in [2.05, 4.69) is 0 Å². The van der Waals surface area contributed by atoms with Crippen LogP contribution in [0.15, 0.2) is 42.2 Å². The first-order valence-electron chi connectivity index (χ1n) is 7.76. The van der Waals surface area contributed by atoms with E-state index in [1.54, 1.807) is 42.5 Å². The maximum absolute atomic E-state index is 12.5. The minimum absolute atomic E-state index is 0.00157. The highest BCUT2D eigenvalue weighted by atomic mass is 35.5. The van der Waals surface area contributed by atoms with Gasteiger partial charge in [0.1, 0.15) is 11.5 Å². The Labute approximate surface area is 153 Å². The third-order valence-electron chi connectivity index (χ3n) is 4.02. The Morgan fingerprint density at radius 1 is 1.16 bits per heavy atom. The zero-order valence-electron chi connectivity index (χ0n) is 12.9. The average Bonchev–Trinajstić information content (AvgIpc) is 3.37. The van der Waals surface area contributed by atoms with Crippen molar-refractivity contribution in [2.75, 3.05) is 0 Å². The molecule has 0 N–H and O–H groups in total. The SMILES string of the molecule is O=C1/C(=C\c2ccc(Cl)cc2Cl)Oc2cc(OC(=O)C3CC3)ccc21. The molecule has 2 aromatic carbocycles. The minimum atomic E-state index is -0.249. The Hall–Kier alpha value is -2.30. The molecule has 0 spiro atoms. The molecule has 0 aromatic heterocycles. The molecule has 25 heavy (non-hydrogen) atoms. The molecule has 4 rings (SSSR count). The number of ketones is 1. The van der Waals surface area contributed by atoms with Crippen molar-refractivity contribution in [3.05, 3.63) is 63.3 Å². The monoisotopic (exact) mass is 374 g/mol. The van der Waals surface area contributed by atoms with Gasteiger partial charge >= 0.3 is 5.97 Å². The van der Waals surface area contributed by atoms with Crippen LogP contribution in [0, 0.1) is 5.92 Å². The van der Waals surface area contributed by atoms with Gasteiger partial charge in [0.25, 0.3) is 0 Å². The number of allylic oxidation sites excluding steroid dienone is 1. The third kappa shape index (κ3) is 3.28. The summed E-state index contributed by atoms with van der Waals surface area (Å²) in [6.07, 6.45) is 3.30. The molecule has 2 aromatic rings. The van der Waals surface area contributed by atoms with Crippen molar-refractivity contribution in [3.63, 3.8) is 0 Å². The van der Waals surface area contributed by atoms with Crippen molar-refractivity contribution in [2.45, 2.75) is 12.8 Å². The number of Topliss-reactive ketones (excluding diaryl/α,β-unsaturated/α-hetero) is 1. The van der Waals surface area contributed by atoms with E-state index in [1.807, 2.05) is 0 Å². The Morgan fingerprint density at radius 3 is 2.68 bits per heavy atom. The smallest absolute Gasteiger partial charge is 0.314 e. The predicted octanol–water partition coefficient (Wildman–Crippen LogP) is 4.93. The van der Waals surface area contributed by atoms with Gasteiger partial charge in [-0.2, -0.15) is 0 Å². The highest BCUT2D eigenvalue weighted by Crippen LogP contribution is 2.37. The average molecular weight is 375 g/mol. The van der Waals surface area contributed by atoms with Crippen LogP contribution in [0.25, 0.3) is 6.08 Å². The summed E-state index contributed by atoms with van der Waals surface area (Å²) in [5, 5.41) is 0.933. The van der Waals surface area contributed by atoms with Gasteiger partial charge in [0.05, 0.1) is 11.5 Å². The molecule has 0 unspecified atom stereocenters. The first kappa shape index (κ1) is 16.2. The predicted molar refractivity (Wildman–Crippen MR) is 94.2 cm³/mol. The molecule has 0 radical (unpaired) electrons. The van der Waals surface area contributed by atoms with Crippen LogP contribution in [-0.4, -0.2) is 11.8 Å². The van der Waals surface area contributed by atoms with E-state index < -0.39 is 0 Å². The fourth-order valence-corrected chi connectivity index (χ4v) is 2.97. The molecule has 4 nitrogen and oxygen atoms in total. The number of esters is 1. The van der Waals surface area contributed by atoms with Crippen molar-refractivity contribution in [1.29, 1.82) is 0 Å². The molecule has 0 saturated heterocycles. The summed E-state index contributed by atoms with van der Waals surface area (Å²) in [5.41, 5.74) is 1.05. The molecular formula is C19H12Cl2O4. The molecule has 0 atom stereocenters. The molecule has 0 amide bonds. The van der Waals surface area contributed by atoms with Crippen LogP contribution in [0.4, 0.5) is 0 Å². The first-order chi connectivity index (χ1) is 12.0. The zero-order valence-corrected chi connectivity index (χ0v) is 14.4. The lowest BCUT2D eigenvalue weighted by molar-refractivity contribution is -0.135. The molecule has 6 heteroatoms. The van der Waals surface area contributed by atoms with Gasteiger partial charge in [-0.05, 0) is 48.7 Å². The van der Waals surface area contributed by atoms with Gasteiger partial charge in [-0.25, -0.2) is 0 Å². The Kier molecular flexibility index (Phi) is 4.02. The van der Waals surface area contributed by atoms with E-state index in [1.165, 1.54) is 0 Å². The fraction of sp³-hybridized carbons (Fsp3) is 0.158. The van der Waals surface area contributed by atoms with Gasteiger partial charge in [0, 0.05) is 16.1 Å². The highest BCUT2D eigenvalue weighted by molar-refractivity contribution is 6.35. The minimum Gasteiger partial charge on any atom is -0.452 e. The van der Waals surface area contributed by atoms with Gasteiger partial charge in [0.15, 0.2) is 5.76 Å². The summed E-state index contributed by atoms with van der Waals surface area (Å²) in [5.74, 6) is 0.397. The van der Waals surface area contributed by atoms with E-state index in [-0.39, 0.29) is 23.4 Å². The summed E-state index contributed by atoms with van der Waals surface area (Å²) < 4.78 is 10.9. The van der Waals surface area contributed by atoms with E-state index >= 15 is 0 Å². The third-order valence-corrected chi connectivity index (χ3v) is 4.58.